The number of rotatable bonds is 0. The minimum atomic E-state index is -0.212. The smallest absolute Gasteiger partial charge is 0.330 e. The van der Waals surface area contributed by atoms with Crippen LogP contribution in [0.25, 0.3) is 0 Å². The summed E-state index contributed by atoms with van der Waals surface area (Å²) in [5.74, 6) is -0.212. The Balaban J connectivity index is 2.64. The minimum absolute atomic E-state index is 0.0417. The molecule has 2 nitrogen and oxygen atoms in total. The molecule has 0 bridgehead atoms. The van der Waals surface area contributed by atoms with Crippen LogP contribution in [-0.2, 0) is 9.53 Å². The van der Waals surface area contributed by atoms with Crippen molar-refractivity contribution in [2.24, 2.45) is 5.41 Å². The highest BCUT2D eigenvalue weighted by atomic mass is 16.5. The van der Waals surface area contributed by atoms with Crippen LogP contribution in [-0.4, -0.2) is 12.1 Å². The molecule has 0 N–H and O–H groups in total. The molecule has 0 amide bonds. The molecule has 62 valence electrons. The molecule has 1 heterocycles. The molecule has 0 aromatic heterocycles. The van der Waals surface area contributed by atoms with Gasteiger partial charge in [0.15, 0.2) is 0 Å². The molecule has 0 saturated heterocycles. The van der Waals surface area contributed by atoms with Crippen molar-refractivity contribution in [2.75, 3.05) is 0 Å². The van der Waals surface area contributed by atoms with E-state index in [4.69, 9.17) is 4.74 Å². The largest absolute Gasteiger partial charge is 0.458 e. The van der Waals surface area contributed by atoms with Gasteiger partial charge in [-0.15, -0.1) is 0 Å². The van der Waals surface area contributed by atoms with Gasteiger partial charge in [0.1, 0.15) is 6.10 Å². The summed E-state index contributed by atoms with van der Waals surface area (Å²) in [4.78, 5) is 10.8. The first-order chi connectivity index (χ1) is 5.00. The SMILES string of the molecule is CC(C)(C)[C@H]1CC=CC(=O)O1. The van der Waals surface area contributed by atoms with E-state index >= 15 is 0 Å². The van der Waals surface area contributed by atoms with Crippen LogP contribution in [0.1, 0.15) is 27.2 Å². The molecular weight excluding hydrogens is 140 g/mol. The van der Waals surface area contributed by atoms with Crippen molar-refractivity contribution < 1.29 is 9.53 Å². The molecule has 0 aromatic rings. The van der Waals surface area contributed by atoms with Crippen LogP contribution in [0.3, 0.4) is 0 Å². The second-order valence-electron chi connectivity index (χ2n) is 3.93. The summed E-state index contributed by atoms with van der Waals surface area (Å²) >= 11 is 0. The van der Waals surface area contributed by atoms with Crippen LogP contribution in [0.15, 0.2) is 12.2 Å². The van der Waals surface area contributed by atoms with E-state index in [-0.39, 0.29) is 17.5 Å². The average Bonchev–Trinajstić information content (AvgIpc) is 1.86. The first kappa shape index (κ1) is 8.31. The van der Waals surface area contributed by atoms with Gasteiger partial charge in [-0.3, -0.25) is 0 Å². The van der Waals surface area contributed by atoms with Crippen LogP contribution in [0, 0.1) is 5.41 Å². The van der Waals surface area contributed by atoms with Crippen molar-refractivity contribution >= 4 is 5.97 Å². The number of ether oxygens (including phenoxy) is 1. The highest BCUT2D eigenvalue weighted by molar-refractivity contribution is 5.82. The van der Waals surface area contributed by atoms with Crippen molar-refractivity contribution in [3.63, 3.8) is 0 Å². The van der Waals surface area contributed by atoms with Crippen molar-refractivity contribution in [2.45, 2.75) is 33.3 Å². The van der Waals surface area contributed by atoms with Gasteiger partial charge >= 0.3 is 5.97 Å². The maximum absolute atomic E-state index is 10.8. The first-order valence-electron chi connectivity index (χ1n) is 3.87. The van der Waals surface area contributed by atoms with Gasteiger partial charge in [0.25, 0.3) is 0 Å². The lowest BCUT2D eigenvalue weighted by Crippen LogP contribution is -2.32. The predicted octanol–water partition coefficient (Wildman–Crippen LogP) is 1.90. The molecule has 1 atom stereocenters. The van der Waals surface area contributed by atoms with Crippen LogP contribution in [0.5, 0.6) is 0 Å². The van der Waals surface area contributed by atoms with Crippen molar-refractivity contribution in [3.05, 3.63) is 12.2 Å². The zero-order valence-corrected chi connectivity index (χ0v) is 7.26. The van der Waals surface area contributed by atoms with Gasteiger partial charge < -0.3 is 4.74 Å². The van der Waals surface area contributed by atoms with Gasteiger partial charge in [-0.25, -0.2) is 4.79 Å². The number of carbonyl (C=O) groups excluding carboxylic acids is 1. The fourth-order valence-corrected chi connectivity index (χ4v) is 1.05. The minimum Gasteiger partial charge on any atom is -0.458 e. The summed E-state index contributed by atoms with van der Waals surface area (Å²) in [6.45, 7) is 6.22. The molecule has 2 heteroatoms. The molecule has 0 fully saturated rings. The fraction of sp³-hybridized carbons (Fsp3) is 0.667. The standard InChI is InChI=1S/C9H14O2/c1-9(2,3)7-5-4-6-8(10)11-7/h4,6-7H,5H2,1-3H3/t7-/m1/s1. The summed E-state index contributed by atoms with van der Waals surface area (Å²) in [6.07, 6.45) is 4.25. The predicted molar refractivity (Wildman–Crippen MR) is 43.1 cm³/mol. The van der Waals surface area contributed by atoms with Gasteiger partial charge in [0.2, 0.25) is 0 Å². The Morgan fingerprint density at radius 3 is 2.55 bits per heavy atom. The number of cyclic esters (lactones) is 1. The van der Waals surface area contributed by atoms with Gasteiger partial charge in [-0.2, -0.15) is 0 Å². The van der Waals surface area contributed by atoms with Crippen molar-refractivity contribution in [1.82, 2.24) is 0 Å². The molecule has 0 aromatic carbocycles. The zero-order valence-electron chi connectivity index (χ0n) is 7.26. The Hall–Kier alpha value is -0.790. The van der Waals surface area contributed by atoms with Crippen molar-refractivity contribution in [1.29, 1.82) is 0 Å². The molecule has 0 saturated carbocycles. The molecule has 0 radical (unpaired) electrons. The van der Waals surface area contributed by atoms with Crippen LogP contribution >= 0.6 is 0 Å². The monoisotopic (exact) mass is 154 g/mol. The summed E-state index contributed by atoms with van der Waals surface area (Å²) in [6, 6.07) is 0. The molecular formula is C9H14O2. The Kier molecular flexibility index (Phi) is 2.03. The van der Waals surface area contributed by atoms with Crippen molar-refractivity contribution in [3.8, 4) is 0 Å². The van der Waals surface area contributed by atoms with Gasteiger partial charge in [0.05, 0.1) is 0 Å². The van der Waals surface area contributed by atoms with Crippen LogP contribution < -0.4 is 0 Å². The van der Waals surface area contributed by atoms with E-state index in [0.717, 1.165) is 6.42 Å². The topological polar surface area (TPSA) is 26.3 Å². The van der Waals surface area contributed by atoms with Crippen LogP contribution in [0.2, 0.25) is 0 Å². The second kappa shape index (κ2) is 2.68. The fourth-order valence-electron chi connectivity index (χ4n) is 1.05. The Morgan fingerprint density at radius 1 is 1.55 bits per heavy atom. The third-order valence-electron chi connectivity index (χ3n) is 1.83. The Morgan fingerprint density at radius 2 is 2.18 bits per heavy atom. The second-order valence-corrected chi connectivity index (χ2v) is 3.93. The number of hydrogen-bond acceptors (Lipinski definition) is 2. The molecule has 0 aliphatic carbocycles. The maximum Gasteiger partial charge on any atom is 0.330 e. The van der Waals surface area contributed by atoms with Gasteiger partial charge in [0, 0.05) is 12.5 Å². The summed E-state index contributed by atoms with van der Waals surface area (Å²) in [5, 5.41) is 0. The number of esters is 1. The quantitative estimate of drug-likeness (QED) is 0.498. The average molecular weight is 154 g/mol. The summed E-state index contributed by atoms with van der Waals surface area (Å²) in [7, 11) is 0. The lowest BCUT2D eigenvalue weighted by atomic mass is 9.86. The van der Waals surface area contributed by atoms with E-state index in [0.29, 0.717) is 0 Å². The summed E-state index contributed by atoms with van der Waals surface area (Å²) < 4.78 is 5.12. The van der Waals surface area contributed by atoms with E-state index in [1.807, 2.05) is 6.08 Å². The number of carbonyl (C=O) groups is 1. The van der Waals surface area contributed by atoms with Gasteiger partial charge in [-0.05, 0) is 5.41 Å². The normalized spacial score (nSPS) is 25.0. The molecule has 1 rings (SSSR count). The molecule has 11 heavy (non-hydrogen) atoms. The van der Waals surface area contributed by atoms with Crippen LogP contribution in [0.4, 0.5) is 0 Å². The van der Waals surface area contributed by atoms with E-state index < -0.39 is 0 Å². The highest BCUT2D eigenvalue weighted by Crippen LogP contribution is 2.27. The van der Waals surface area contributed by atoms with E-state index in [9.17, 15) is 4.79 Å². The highest BCUT2D eigenvalue weighted by Gasteiger charge is 2.28. The third-order valence-corrected chi connectivity index (χ3v) is 1.83. The number of hydrogen-bond donors (Lipinski definition) is 0. The maximum atomic E-state index is 10.8. The van der Waals surface area contributed by atoms with E-state index in [2.05, 4.69) is 20.8 Å². The Bertz CT molecular complexity index is 186. The lowest BCUT2D eigenvalue weighted by molar-refractivity contribution is -0.149. The molecule has 1 aliphatic heterocycles. The zero-order chi connectivity index (χ0) is 8.48. The van der Waals surface area contributed by atoms with E-state index in [1.165, 1.54) is 6.08 Å². The van der Waals surface area contributed by atoms with Gasteiger partial charge in [-0.1, -0.05) is 26.8 Å². The molecule has 0 spiro atoms. The first-order valence-corrected chi connectivity index (χ1v) is 3.87. The molecule has 0 unspecified atom stereocenters. The Labute approximate surface area is 67.2 Å². The molecule has 1 aliphatic rings. The lowest BCUT2D eigenvalue weighted by Gasteiger charge is -2.30. The third kappa shape index (κ3) is 2.07. The summed E-state index contributed by atoms with van der Waals surface area (Å²) in [5.41, 5.74) is 0.0560. The van der Waals surface area contributed by atoms with E-state index in [1.54, 1.807) is 0 Å².